The highest BCUT2D eigenvalue weighted by Crippen LogP contribution is 2.62. The molecule has 2 aliphatic carbocycles. The van der Waals surface area contributed by atoms with Crippen molar-refractivity contribution in [2.45, 2.75) is 52.6 Å². The van der Waals surface area contributed by atoms with E-state index in [4.69, 9.17) is 4.74 Å². The van der Waals surface area contributed by atoms with Gasteiger partial charge in [-0.1, -0.05) is 20.8 Å². The topological polar surface area (TPSA) is 60.3 Å². The molecule has 1 heterocycles. The van der Waals surface area contributed by atoms with E-state index in [9.17, 15) is 14.0 Å². The quantitative estimate of drug-likeness (QED) is 0.832. The van der Waals surface area contributed by atoms with Gasteiger partial charge in [-0.15, -0.1) is 0 Å². The van der Waals surface area contributed by atoms with Crippen molar-refractivity contribution in [3.05, 3.63) is 46.0 Å². The van der Waals surface area contributed by atoms with Crippen LogP contribution >= 0.6 is 0 Å². The number of aromatic nitrogens is 1. The summed E-state index contributed by atoms with van der Waals surface area (Å²) >= 11 is 0. The van der Waals surface area contributed by atoms with Gasteiger partial charge in [-0.3, -0.25) is 9.59 Å². The van der Waals surface area contributed by atoms with E-state index >= 15 is 0 Å². The van der Waals surface area contributed by atoms with Crippen LogP contribution in [0, 0.1) is 22.6 Å². The fourth-order valence-electron chi connectivity index (χ4n) is 5.77. The van der Waals surface area contributed by atoms with E-state index < -0.39 is 5.82 Å². The highest BCUT2D eigenvalue weighted by atomic mass is 19.1. The molecule has 0 aliphatic heterocycles. The lowest BCUT2D eigenvalue weighted by Gasteiger charge is -2.43. The second kappa shape index (κ2) is 6.94. The van der Waals surface area contributed by atoms with Gasteiger partial charge in [0.1, 0.15) is 11.4 Å². The first-order valence-corrected chi connectivity index (χ1v) is 10.3. The summed E-state index contributed by atoms with van der Waals surface area (Å²) in [6.07, 6.45) is 4.95. The highest BCUT2D eigenvalue weighted by Gasteiger charge is 2.59. The normalized spacial score (nSPS) is 27.5. The fraction of sp³-hybridized carbons (Fsp3) is 0.565. The molecule has 3 atom stereocenters. The Labute approximate surface area is 170 Å². The molecule has 2 fully saturated rings. The van der Waals surface area contributed by atoms with Crippen molar-refractivity contribution in [3.63, 3.8) is 0 Å². The summed E-state index contributed by atoms with van der Waals surface area (Å²) in [7, 11) is 1.58. The first-order valence-electron chi connectivity index (χ1n) is 10.3. The minimum Gasteiger partial charge on any atom is -0.383 e. The Hall–Kier alpha value is -2.21. The van der Waals surface area contributed by atoms with Gasteiger partial charge in [0.15, 0.2) is 0 Å². The van der Waals surface area contributed by atoms with Crippen molar-refractivity contribution in [1.82, 2.24) is 9.88 Å². The molecule has 5 nitrogen and oxygen atoms in total. The van der Waals surface area contributed by atoms with Crippen molar-refractivity contribution >= 4 is 16.8 Å². The Morgan fingerprint density at radius 1 is 1.34 bits per heavy atom. The molecule has 2 aromatic rings. The lowest BCUT2D eigenvalue weighted by atomic mass is 9.68. The van der Waals surface area contributed by atoms with Crippen molar-refractivity contribution in [2.24, 2.45) is 16.7 Å². The van der Waals surface area contributed by atoms with E-state index in [1.165, 1.54) is 24.6 Å². The van der Waals surface area contributed by atoms with E-state index in [1.807, 2.05) is 0 Å². The third-order valence-electron chi connectivity index (χ3n) is 7.37. The average Bonchev–Trinajstić information content (AvgIpc) is 3.15. The van der Waals surface area contributed by atoms with Gasteiger partial charge in [-0.2, -0.15) is 0 Å². The second-order valence-corrected chi connectivity index (χ2v) is 9.54. The molecule has 156 valence electrons. The smallest absolute Gasteiger partial charge is 0.257 e. The molecule has 6 heteroatoms. The lowest BCUT2D eigenvalue weighted by molar-refractivity contribution is 0.0736. The number of hydrogen-bond acceptors (Lipinski definition) is 3. The van der Waals surface area contributed by atoms with E-state index in [0.29, 0.717) is 30.0 Å². The molecule has 2 bridgehead atoms. The number of carbonyl (C=O) groups is 1. The largest absolute Gasteiger partial charge is 0.383 e. The van der Waals surface area contributed by atoms with Crippen molar-refractivity contribution < 1.29 is 13.9 Å². The number of methoxy groups -OCH3 is 1. The Balaban J connectivity index is 1.73. The summed E-state index contributed by atoms with van der Waals surface area (Å²) in [6.45, 7) is 7.49. The minimum atomic E-state index is -0.420. The molecule has 2 aliphatic rings. The standard InChI is InChI=1S/C23H29FN2O3/c1-22(2)14-7-8-23(3,12-14)21(22)25-20(28)17-13-26(9-10-29-4)18-11-15(24)5-6-16(18)19(17)27/h5-6,11,13-14,21H,7-10,12H2,1-4H3,(H,25,28)/t14-,21+,23+/m0/s1. The Bertz CT molecular complexity index is 1020. The number of carbonyl (C=O) groups excluding carboxylic acids is 1. The molecular weight excluding hydrogens is 371 g/mol. The second-order valence-electron chi connectivity index (χ2n) is 9.54. The molecule has 0 radical (unpaired) electrons. The number of nitrogens with zero attached hydrogens (tertiary/aromatic N) is 1. The summed E-state index contributed by atoms with van der Waals surface area (Å²) in [4.78, 5) is 26.3. The van der Waals surface area contributed by atoms with Gasteiger partial charge < -0.3 is 14.6 Å². The minimum absolute atomic E-state index is 0.00227. The predicted molar refractivity (Wildman–Crippen MR) is 111 cm³/mol. The van der Waals surface area contributed by atoms with Crippen LogP contribution in [0.15, 0.2) is 29.2 Å². The number of fused-ring (bicyclic) bond motifs is 3. The lowest BCUT2D eigenvalue weighted by Crippen LogP contribution is -2.53. The van der Waals surface area contributed by atoms with Crippen LogP contribution in [0.5, 0.6) is 0 Å². The Morgan fingerprint density at radius 3 is 2.76 bits per heavy atom. The molecule has 0 saturated heterocycles. The van der Waals surface area contributed by atoms with Crippen LogP contribution in [0.1, 0.15) is 50.4 Å². The van der Waals surface area contributed by atoms with Crippen LogP contribution in [0.4, 0.5) is 4.39 Å². The molecule has 1 aromatic carbocycles. The van der Waals surface area contributed by atoms with Crippen LogP contribution in [-0.2, 0) is 11.3 Å². The maximum atomic E-state index is 13.8. The molecule has 0 unspecified atom stereocenters. The van der Waals surface area contributed by atoms with Gasteiger partial charge in [-0.25, -0.2) is 4.39 Å². The number of pyridine rings is 1. The first-order chi connectivity index (χ1) is 13.7. The van der Waals surface area contributed by atoms with Gasteiger partial charge in [0.05, 0.1) is 12.1 Å². The molecule has 0 spiro atoms. The van der Waals surface area contributed by atoms with Crippen LogP contribution in [0.3, 0.4) is 0 Å². The first kappa shape index (κ1) is 20.1. The Morgan fingerprint density at radius 2 is 2.10 bits per heavy atom. The number of halogens is 1. The number of benzene rings is 1. The van der Waals surface area contributed by atoms with Crippen molar-refractivity contribution in [3.8, 4) is 0 Å². The van der Waals surface area contributed by atoms with Gasteiger partial charge in [0.25, 0.3) is 5.91 Å². The predicted octanol–water partition coefficient (Wildman–Crippen LogP) is 3.73. The van der Waals surface area contributed by atoms with Crippen LogP contribution in [-0.4, -0.2) is 30.2 Å². The number of nitrogens with one attached hydrogen (secondary N) is 1. The molecular formula is C23H29FN2O3. The summed E-state index contributed by atoms with van der Waals surface area (Å²) in [5.41, 5.74) is 0.270. The fourth-order valence-corrected chi connectivity index (χ4v) is 5.77. The zero-order valence-corrected chi connectivity index (χ0v) is 17.5. The van der Waals surface area contributed by atoms with Crippen LogP contribution in [0.25, 0.3) is 10.9 Å². The zero-order valence-electron chi connectivity index (χ0n) is 17.5. The van der Waals surface area contributed by atoms with Gasteiger partial charge in [0.2, 0.25) is 5.43 Å². The van der Waals surface area contributed by atoms with E-state index in [0.717, 1.165) is 12.8 Å². The molecule has 2 saturated carbocycles. The molecule has 1 aromatic heterocycles. The number of ether oxygens (including phenoxy) is 1. The molecule has 1 amide bonds. The summed E-state index contributed by atoms with van der Waals surface area (Å²) in [6, 6.07) is 4.06. The Kier molecular flexibility index (Phi) is 4.80. The number of amides is 1. The maximum Gasteiger partial charge on any atom is 0.257 e. The third-order valence-corrected chi connectivity index (χ3v) is 7.37. The highest BCUT2D eigenvalue weighted by molar-refractivity contribution is 5.97. The van der Waals surface area contributed by atoms with Crippen LogP contribution in [0.2, 0.25) is 0 Å². The van der Waals surface area contributed by atoms with Gasteiger partial charge in [-0.05, 0) is 54.2 Å². The summed E-state index contributed by atoms with van der Waals surface area (Å²) in [5.74, 6) is -0.174. The van der Waals surface area contributed by atoms with Crippen molar-refractivity contribution in [1.29, 1.82) is 0 Å². The van der Waals surface area contributed by atoms with E-state index in [1.54, 1.807) is 17.9 Å². The maximum absolute atomic E-state index is 13.8. The van der Waals surface area contributed by atoms with Crippen molar-refractivity contribution in [2.75, 3.05) is 13.7 Å². The molecule has 29 heavy (non-hydrogen) atoms. The van der Waals surface area contributed by atoms with E-state index in [2.05, 4.69) is 26.1 Å². The monoisotopic (exact) mass is 400 g/mol. The summed E-state index contributed by atoms with van der Waals surface area (Å²) < 4.78 is 20.7. The SMILES string of the molecule is COCCn1cc(C(=O)N[C@@H]2C(C)(C)[C@H]3CC[C@]2(C)C3)c(=O)c2ccc(F)cc21. The molecule has 4 rings (SSSR count). The number of hydrogen-bond donors (Lipinski definition) is 1. The molecule has 1 N–H and O–H groups in total. The van der Waals surface area contributed by atoms with Gasteiger partial charge >= 0.3 is 0 Å². The summed E-state index contributed by atoms with van der Waals surface area (Å²) in [5, 5.41) is 3.54. The average molecular weight is 400 g/mol. The van der Waals surface area contributed by atoms with Crippen LogP contribution < -0.4 is 10.7 Å². The van der Waals surface area contributed by atoms with E-state index in [-0.39, 0.29) is 33.8 Å². The van der Waals surface area contributed by atoms with Gasteiger partial charge in [0, 0.05) is 31.3 Å². The number of rotatable bonds is 5. The third kappa shape index (κ3) is 3.18. The zero-order chi connectivity index (χ0) is 21.0.